The molecule has 0 bridgehead atoms. The Balaban J connectivity index is 1.72. The Hall–Kier alpha value is -3.17. The lowest BCUT2D eigenvalue weighted by Crippen LogP contribution is -2.26. The highest BCUT2D eigenvalue weighted by molar-refractivity contribution is 7.89. The van der Waals surface area contributed by atoms with Crippen molar-refractivity contribution in [3.63, 3.8) is 0 Å². The third kappa shape index (κ3) is 5.31. The van der Waals surface area contributed by atoms with Crippen molar-refractivity contribution in [1.82, 2.24) is 4.31 Å². The van der Waals surface area contributed by atoms with Crippen LogP contribution in [0.1, 0.15) is 21.5 Å². The summed E-state index contributed by atoms with van der Waals surface area (Å²) in [5.74, 6) is -0.700. The first-order valence-corrected chi connectivity index (χ1v) is 10.6. The van der Waals surface area contributed by atoms with E-state index in [9.17, 15) is 26.4 Å². The molecule has 0 unspecified atom stereocenters. The molecule has 0 radical (unpaired) electrons. The van der Waals surface area contributed by atoms with Gasteiger partial charge in [0.15, 0.2) is 0 Å². The Morgan fingerprint density at radius 3 is 2.10 bits per heavy atom. The number of carbonyl (C=O) groups excluding carboxylic acids is 1. The van der Waals surface area contributed by atoms with E-state index in [4.69, 9.17) is 0 Å². The third-order valence-electron chi connectivity index (χ3n) is 4.55. The summed E-state index contributed by atoms with van der Waals surface area (Å²) in [6.45, 7) is 0.0655. The highest BCUT2D eigenvalue weighted by Crippen LogP contribution is 2.34. The highest BCUT2D eigenvalue weighted by Gasteiger charge is 2.33. The van der Waals surface area contributed by atoms with Crippen LogP contribution in [0.5, 0.6) is 0 Å². The molecule has 0 aliphatic rings. The van der Waals surface area contributed by atoms with Crippen molar-refractivity contribution in [2.45, 2.75) is 17.6 Å². The normalized spacial score (nSPS) is 12.0. The van der Waals surface area contributed by atoms with Crippen LogP contribution in [-0.4, -0.2) is 25.7 Å². The fourth-order valence-electron chi connectivity index (χ4n) is 2.91. The molecule has 0 aromatic heterocycles. The molecule has 9 heteroatoms. The van der Waals surface area contributed by atoms with E-state index >= 15 is 0 Å². The van der Waals surface area contributed by atoms with Crippen molar-refractivity contribution in [1.29, 1.82) is 0 Å². The third-order valence-corrected chi connectivity index (χ3v) is 6.37. The maximum Gasteiger partial charge on any atom is 0.418 e. The first kappa shape index (κ1) is 22.5. The van der Waals surface area contributed by atoms with Crippen LogP contribution in [0.15, 0.2) is 83.8 Å². The lowest BCUT2D eigenvalue weighted by molar-refractivity contribution is -0.136. The van der Waals surface area contributed by atoms with Crippen LogP contribution in [0.25, 0.3) is 0 Å². The van der Waals surface area contributed by atoms with Crippen molar-refractivity contribution >= 4 is 21.6 Å². The predicted molar refractivity (Wildman–Crippen MR) is 111 cm³/mol. The number of carbonyl (C=O) groups is 1. The molecule has 3 aromatic carbocycles. The van der Waals surface area contributed by atoms with Gasteiger partial charge in [-0.05, 0) is 42.0 Å². The predicted octanol–water partition coefficient (Wildman–Crippen LogP) is 4.78. The second kappa shape index (κ2) is 8.91. The molecule has 31 heavy (non-hydrogen) atoms. The SMILES string of the molecule is CN(Cc1ccc(C(=O)Nc2ccccc2C(F)(F)F)cc1)S(=O)(=O)c1ccccc1. The lowest BCUT2D eigenvalue weighted by Gasteiger charge is -2.17. The zero-order chi connectivity index (χ0) is 22.6. The summed E-state index contributed by atoms with van der Waals surface area (Å²) in [5.41, 5.74) is -0.506. The quantitative estimate of drug-likeness (QED) is 0.590. The van der Waals surface area contributed by atoms with Crippen molar-refractivity contribution < 1.29 is 26.4 Å². The van der Waals surface area contributed by atoms with Gasteiger partial charge >= 0.3 is 6.18 Å². The standard InChI is InChI=1S/C22H19F3N2O3S/c1-27(31(29,30)18-7-3-2-4-8-18)15-16-11-13-17(14-12-16)21(28)26-20-10-6-5-9-19(20)22(23,24)25/h2-14H,15H2,1H3,(H,26,28). The molecular formula is C22H19F3N2O3S. The molecule has 0 fully saturated rings. The number of nitrogens with one attached hydrogen (secondary N) is 1. The fraction of sp³-hybridized carbons (Fsp3) is 0.136. The number of anilines is 1. The van der Waals surface area contributed by atoms with Gasteiger partial charge in [0.25, 0.3) is 5.91 Å². The molecule has 0 spiro atoms. The van der Waals surface area contributed by atoms with Crippen LogP contribution in [0.3, 0.4) is 0 Å². The van der Waals surface area contributed by atoms with E-state index in [-0.39, 0.29) is 22.7 Å². The average Bonchev–Trinajstić information content (AvgIpc) is 2.74. The van der Waals surface area contributed by atoms with Crippen molar-refractivity contribution in [2.24, 2.45) is 0 Å². The minimum Gasteiger partial charge on any atom is -0.321 e. The van der Waals surface area contributed by atoms with Gasteiger partial charge in [-0.15, -0.1) is 0 Å². The van der Waals surface area contributed by atoms with E-state index in [0.29, 0.717) is 5.56 Å². The number of benzene rings is 3. The number of para-hydroxylation sites is 1. The minimum atomic E-state index is -4.59. The molecule has 3 aromatic rings. The molecule has 0 aliphatic heterocycles. The number of hydrogen-bond donors (Lipinski definition) is 1. The number of nitrogens with zero attached hydrogens (tertiary/aromatic N) is 1. The van der Waals surface area contributed by atoms with Crippen LogP contribution in [-0.2, 0) is 22.7 Å². The first-order valence-electron chi connectivity index (χ1n) is 9.17. The van der Waals surface area contributed by atoms with Gasteiger partial charge in [0.2, 0.25) is 10.0 Å². The van der Waals surface area contributed by atoms with Crippen LogP contribution in [0.2, 0.25) is 0 Å². The molecule has 1 amide bonds. The summed E-state index contributed by atoms with van der Waals surface area (Å²) < 4.78 is 65.6. The van der Waals surface area contributed by atoms with Gasteiger partial charge < -0.3 is 5.32 Å². The molecule has 0 heterocycles. The molecule has 0 aliphatic carbocycles. The van der Waals surface area contributed by atoms with Crippen molar-refractivity contribution in [3.05, 3.63) is 95.6 Å². The van der Waals surface area contributed by atoms with E-state index in [1.165, 1.54) is 53.8 Å². The zero-order valence-electron chi connectivity index (χ0n) is 16.4. The Labute approximate surface area is 178 Å². The zero-order valence-corrected chi connectivity index (χ0v) is 17.2. The van der Waals surface area contributed by atoms with Crippen LogP contribution in [0.4, 0.5) is 18.9 Å². The summed E-state index contributed by atoms with van der Waals surface area (Å²) >= 11 is 0. The Morgan fingerprint density at radius 2 is 1.48 bits per heavy atom. The smallest absolute Gasteiger partial charge is 0.321 e. The van der Waals surface area contributed by atoms with Crippen LogP contribution >= 0.6 is 0 Å². The molecule has 5 nitrogen and oxygen atoms in total. The van der Waals surface area contributed by atoms with E-state index < -0.39 is 27.7 Å². The van der Waals surface area contributed by atoms with Gasteiger partial charge in [0.1, 0.15) is 0 Å². The van der Waals surface area contributed by atoms with E-state index in [1.807, 2.05) is 0 Å². The second-order valence-corrected chi connectivity index (χ2v) is 8.81. The average molecular weight is 448 g/mol. The summed E-state index contributed by atoms with van der Waals surface area (Å²) in [7, 11) is -2.23. The number of sulfonamides is 1. The molecular weight excluding hydrogens is 429 g/mol. The molecule has 1 N–H and O–H groups in total. The summed E-state index contributed by atoms with van der Waals surface area (Å²) in [5, 5.41) is 2.27. The largest absolute Gasteiger partial charge is 0.418 e. The molecule has 3 rings (SSSR count). The topological polar surface area (TPSA) is 66.5 Å². The minimum absolute atomic E-state index is 0.0655. The Morgan fingerprint density at radius 1 is 0.903 bits per heavy atom. The Bertz CT molecular complexity index is 1160. The number of amides is 1. The maximum atomic E-state index is 13.1. The van der Waals surface area contributed by atoms with Crippen LogP contribution in [0, 0.1) is 0 Å². The summed E-state index contributed by atoms with van der Waals surface area (Å²) in [6.07, 6.45) is -4.59. The monoisotopic (exact) mass is 448 g/mol. The van der Waals surface area contributed by atoms with Gasteiger partial charge in [0, 0.05) is 19.2 Å². The second-order valence-electron chi connectivity index (χ2n) is 6.77. The van der Waals surface area contributed by atoms with Gasteiger partial charge in [-0.3, -0.25) is 4.79 Å². The molecule has 0 saturated carbocycles. The Kier molecular flexibility index (Phi) is 6.47. The van der Waals surface area contributed by atoms with Crippen LogP contribution < -0.4 is 5.32 Å². The van der Waals surface area contributed by atoms with Gasteiger partial charge in [0.05, 0.1) is 16.1 Å². The first-order chi connectivity index (χ1) is 14.6. The molecule has 162 valence electrons. The molecule has 0 atom stereocenters. The van der Waals surface area contributed by atoms with E-state index in [2.05, 4.69) is 5.32 Å². The summed E-state index contributed by atoms with van der Waals surface area (Å²) in [4.78, 5) is 12.5. The van der Waals surface area contributed by atoms with Gasteiger partial charge in [-0.2, -0.15) is 17.5 Å². The molecule has 0 saturated heterocycles. The van der Waals surface area contributed by atoms with E-state index in [1.54, 1.807) is 30.3 Å². The number of alkyl halides is 3. The highest BCUT2D eigenvalue weighted by atomic mass is 32.2. The summed E-state index contributed by atoms with van der Waals surface area (Å²) in [6, 6.07) is 18.7. The van der Waals surface area contributed by atoms with Crippen molar-refractivity contribution in [2.75, 3.05) is 12.4 Å². The number of rotatable bonds is 6. The van der Waals surface area contributed by atoms with E-state index in [0.717, 1.165) is 6.07 Å². The fourth-order valence-corrected chi connectivity index (χ4v) is 4.09. The maximum absolute atomic E-state index is 13.1. The number of halogens is 3. The van der Waals surface area contributed by atoms with Crippen molar-refractivity contribution in [3.8, 4) is 0 Å². The van der Waals surface area contributed by atoms with Gasteiger partial charge in [-0.25, -0.2) is 8.42 Å². The lowest BCUT2D eigenvalue weighted by atomic mass is 10.1. The van der Waals surface area contributed by atoms with Gasteiger partial charge in [-0.1, -0.05) is 42.5 Å². The number of hydrogen-bond acceptors (Lipinski definition) is 3.